The first-order chi connectivity index (χ1) is 6.56. The van der Waals surface area contributed by atoms with Crippen molar-refractivity contribution in [3.63, 3.8) is 0 Å². The number of aryl methyl sites for hydroxylation is 1. The van der Waals surface area contributed by atoms with E-state index in [0.29, 0.717) is 0 Å². The number of hydrogen-bond acceptors (Lipinski definition) is 2. The number of halogens is 2. The normalized spacial score (nSPS) is 12.9. The van der Waals surface area contributed by atoms with Crippen molar-refractivity contribution in [1.29, 1.82) is 0 Å². The molecule has 0 aromatic heterocycles. The van der Waals surface area contributed by atoms with Gasteiger partial charge in [-0.15, -0.1) is 0 Å². The Morgan fingerprint density at radius 1 is 1.36 bits per heavy atom. The van der Waals surface area contributed by atoms with Crippen molar-refractivity contribution in [1.82, 2.24) is 0 Å². The third-order valence-electron chi connectivity index (χ3n) is 2.12. The molecule has 14 heavy (non-hydrogen) atoms. The largest absolute Gasteiger partial charge is 0.396 e. The predicted octanol–water partition coefficient (Wildman–Crippen LogP) is 1.66. The molecule has 1 atom stereocenters. The second kappa shape index (κ2) is 4.48. The van der Waals surface area contributed by atoms with Crippen LogP contribution >= 0.6 is 0 Å². The van der Waals surface area contributed by atoms with Crippen LogP contribution in [0, 0.1) is 18.6 Å². The van der Waals surface area contributed by atoms with Crippen molar-refractivity contribution in [3.05, 3.63) is 34.9 Å². The standard InChI is InChI=1S/C10H13F2NO/c1-6-4-9(12)7(5-8(6)11)10(13)2-3-14/h4-5,10,14H,2-3,13H2,1H3. The van der Waals surface area contributed by atoms with Crippen molar-refractivity contribution in [2.45, 2.75) is 19.4 Å². The van der Waals surface area contributed by atoms with Gasteiger partial charge in [0.15, 0.2) is 0 Å². The molecule has 3 N–H and O–H groups in total. The van der Waals surface area contributed by atoms with E-state index in [4.69, 9.17) is 10.8 Å². The summed E-state index contributed by atoms with van der Waals surface area (Å²) in [5.74, 6) is -1.00. The number of aliphatic hydroxyl groups excluding tert-OH is 1. The van der Waals surface area contributed by atoms with Gasteiger partial charge in [0.25, 0.3) is 0 Å². The van der Waals surface area contributed by atoms with Gasteiger partial charge in [0.1, 0.15) is 11.6 Å². The van der Waals surface area contributed by atoms with Gasteiger partial charge < -0.3 is 10.8 Å². The molecule has 0 radical (unpaired) electrons. The molecular weight excluding hydrogens is 188 g/mol. The first-order valence-corrected chi connectivity index (χ1v) is 4.38. The Hall–Kier alpha value is -1.00. The minimum atomic E-state index is -0.657. The van der Waals surface area contributed by atoms with Crippen LogP contribution in [0.4, 0.5) is 8.78 Å². The molecule has 0 saturated carbocycles. The van der Waals surface area contributed by atoms with E-state index in [1.54, 1.807) is 0 Å². The number of aliphatic hydroxyl groups is 1. The third-order valence-corrected chi connectivity index (χ3v) is 2.12. The average molecular weight is 201 g/mol. The van der Waals surface area contributed by atoms with Crippen molar-refractivity contribution < 1.29 is 13.9 Å². The molecule has 1 rings (SSSR count). The van der Waals surface area contributed by atoms with Crippen LogP contribution in [0.3, 0.4) is 0 Å². The summed E-state index contributed by atoms with van der Waals surface area (Å²) in [5.41, 5.74) is 5.92. The number of nitrogens with two attached hydrogens (primary N) is 1. The summed E-state index contributed by atoms with van der Waals surface area (Å²) in [5, 5.41) is 8.62. The van der Waals surface area contributed by atoms with Crippen LogP contribution in [0.5, 0.6) is 0 Å². The maximum atomic E-state index is 13.3. The lowest BCUT2D eigenvalue weighted by Gasteiger charge is -2.12. The molecule has 0 aliphatic rings. The Morgan fingerprint density at radius 2 is 2.00 bits per heavy atom. The molecule has 0 aliphatic heterocycles. The molecule has 1 aromatic carbocycles. The van der Waals surface area contributed by atoms with Gasteiger partial charge in [0.05, 0.1) is 0 Å². The smallest absolute Gasteiger partial charge is 0.128 e. The highest BCUT2D eigenvalue weighted by molar-refractivity contribution is 5.27. The third kappa shape index (κ3) is 2.27. The van der Waals surface area contributed by atoms with Crippen LogP contribution in [-0.4, -0.2) is 11.7 Å². The number of hydrogen-bond donors (Lipinski definition) is 2. The molecule has 0 amide bonds. The highest BCUT2D eigenvalue weighted by atomic mass is 19.1. The second-order valence-corrected chi connectivity index (χ2v) is 3.24. The topological polar surface area (TPSA) is 46.2 Å². The SMILES string of the molecule is Cc1cc(F)c(C(N)CCO)cc1F. The van der Waals surface area contributed by atoms with Crippen molar-refractivity contribution in [2.24, 2.45) is 5.73 Å². The summed E-state index contributed by atoms with van der Waals surface area (Å²) in [6.45, 7) is 1.34. The van der Waals surface area contributed by atoms with Crippen LogP contribution in [0.1, 0.15) is 23.6 Å². The van der Waals surface area contributed by atoms with E-state index in [2.05, 4.69) is 0 Å². The molecule has 0 fully saturated rings. The molecule has 0 spiro atoms. The van der Waals surface area contributed by atoms with Gasteiger partial charge in [-0.1, -0.05) is 0 Å². The zero-order valence-electron chi connectivity index (χ0n) is 7.93. The summed E-state index contributed by atoms with van der Waals surface area (Å²) in [6, 6.07) is 1.54. The summed E-state index contributed by atoms with van der Waals surface area (Å²) in [6.07, 6.45) is 0.222. The monoisotopic (exact) mass is 201 g/mol. The average Bonchev–Trinajstić information content (AvgIpc) is 2.11. The van der Waals surface area contributed by atoms with E-state index in [0.717, 1.165) is 12.1 Å². The second-order valence-electron chi connectivity index (χ2n) is 3.24. The Balaban J connectivity index is 3.02. The van der Waals surface area contributed by atoms with Crippen molar-refractivity contribution >= 4 is 0 Å². The van der Waals surface area contributed by atoms with E-state index in [-0.39, 0.29) is 24.2 Å². The van der Waals surface area contributed by atoms with E-state index >= 15 is 0 Å². The fourth-order valence-electron chi connectivity index (χ4n) is 1.24. The van der Waals surface area contributed by atoms with Crippen LogP contribution in [0.15, 0.2) is 12.1 Å². The summed E-state index contributed by atoms with van der Waals surface area (Å²) in [4.78, 5) is 0. The maximum Gasteiger partial charge on any atom is 0.128 e. The molecular formula is C10H13F2NO. The van der Waals surface area contributed by atoms with E-state index in [1.807, 2.05) is 0 Å². The fourth-order valence-corrected chi connectivity index (χ4v) is 1.24. The molecule has 4 heteroatoms. The van der Waals surface area contributed by atoms with Gasteiger partial charge in [-0.25, -0.2) is 8.78 Å². The molecule has 0 heterocycles. The van der Waals surface area contributed by atoms with Crippen LogP contribution in [0.2, 0.25) is 0 Å². The lowest BCUT2D eigenvalue weighted by Crippen LogP contribution is -2.14. The van der Waals surface area contributed by atoms with Gasteiger partial charge in [-0.05, 0) is 31.0 Å². The Bertz CT molecular complexity index is 328. The summed E-state index contributed by atoms with van der Waals surface area (Å²) < 4.78 is 26.4. The molecule has 0 bridgehead atoms. The van der Waals surface area contributed by atoms with Crippen molar-refractivity contribution in [2.75, 3.05) is 6.61 Å². The Kier molecular flexibility index (Phi) is 3.55. The van der Waals surface area contributed by atoms with Gasteiger partial charge in [0.2, 0.25) is 0 Å². The van der Waals surface area contributed by atoms with Crippen LogP contribution in [0.25, 0.3) is 0 Å². The lowest BCUT2D eigenvalue weighted by atomic mass is 10.0. The van der Waals surface area contributed by atoms with Crippen molar-refractivity contribution in [3.8, 4) is 0 Å². The first kappa shape index (κ1) is 11.1. The van der Waals surface area contributed by atoms with Gasteiger partial charge in [-0.2, -0.15) is 0 Å². The minimum absolute atomic E-state index is 0.113. The Labute approximate surface area is 81.4 Å². The highest BCUT2D eigenvalue weighted by Gasteiger charge is 2.13. The highest BCUT2D eigenvalue weighted by Crippen LogP contribution is 2.20. The van der Waals surface area contributed by atoms with E-state index in [9.17, 15) is 8.78 Å². The molecule has 0 aliphatic carbocycles. The Morgan fingerprint density at radius 3 is 2.57 bits per heavy atom. The summed E-state index contributed by atoms with van der Waals surface area (Å²) in [7, 11) is 0. The fraction of sp³-hybridized carbons (Fsp3) is 0.400. The van der Waals surface area contributed by atoms with E-state index in [1.165, 1.54) is 6.92 Å². The number of rotatable bonds is 3. The molecule has 0 saturated heterocycles. The van der Waals surface area contributed by atoms with E-state index < -0.39 is 17.7 Å². The van der Waals surface area contributed by atoms with Gasteiger partial charge in [0, 0.05) is 18.2 Å². The van der Waals surface area contributed by atoms with Crippen LogP contribution < -0.4 is 5.73 Å². The quantitative estimate of drug-likeness (QED) is 0.781. The maximum absolute atomic E-state index is 13.3. The molecule has 1 aromatic rings. The van der Waals surface area contributed by atoms with Gasteiger partial charge >= 0.3 is 0 Å². The minimum Gasteiger partial charge on any atom is -0.396 e. The van der Waals surface area contributed by atoms with Gasteiger partial charge in [-0.3, -0.25) is 0 Å². The zero-order chi connectivity index (χ0) is 10.7. The lowest BCUT2D eigenvalue weighted by molar-refractivity contribution is 0.275. The molecule has 2 nitrogen and oxygen atoms in total. The molecule has 78 valence electrons. The number of benzene rings is 1. The zero-order valence-corrected chi connectivity index (χ0v) is 7.93. The predicted molar refractivity (Wildman–Crippen MR) is 49.7 cm³/mol. The summed E-state index contributed by atoms with van der Waals surface area (Å²) >= 11 is 0. The molecule has 1 unspecified atom stereocenters. The first-order valence-electron chi connectivity index (χ1n) is 4.38. The van der Waals surface area contributed by atoms with Crippen LogP contribution in [-0.2, 0) is 0 Å².